The Morgan fingerprint density at radius 2 is 1.93 bits per heavy atom. The minimum absolute atomic E-state index is 0.448. The molecule has 1 nitrogen and oxygen atoms in total. The molecule has 1 heterocycles. The highest BCUT2D eigenvalue weighted by atomic mass is 35.5. The Bertz CT molecular complexity index is 174. The molecule has 0 amide bonds. The molecule has 1 atom stereocenters. The molecule has 1 saturated heterocycles. The van der Waals surface area contributed by atoms with Crippen LogP contribution in [0, 0.1) is 5.41 Å². The topological polar surface area (TPSA) is 3.24 Å². The molecule has 0 spiro atoms. The Kier molecular flexibility index (Phi) is 5.42. The predicted octanol–water partition coefficient (Wildman–Crippen LogP) is 3.91. The number of hydrogen-bond acceptors (Lipinski definition) is 1. The van der Waals surface area contributed by atoms with E-state index in [0.717, 1.165) is 5.88 Å². The zero-order chi connectivity index (χ0) is 11.3. The van der Waals surface area contributed by atoms with E-state index in [9.17, 15) is 0 Å². The summed E-state index contributed by atoms with van der Waals surface area (Å²) in [5, 5.41) is 0. The van der Waals surface area contributed by atoms with E-state index in [1.54, 1.807) is 0 Å². The standard InChI is InChI=1S/C13H26ClN/c1-13(2,3)8-10-15-9-6-4-5-7-12(15)11-14/h12H,4-11H2,1-3H3. The van der Waals surface area contributed by atoms with Gasteiger partial charge in [0, 0.05) is 11.9 Å². The molecule has 0 saturated carbocycles. The van der Waals surface area contributed by atoms with Crippen LogP contribution in [0.2, 0.25) is 0 Å². The van der Waals surface area contributed by atoms with Crippen LogP contribution < -0.4 is 0 Å². The monoisotopic (exact) mass is 231 g/mol. The van der Waals surface area contributed by atoms with Gasteiger partial charge in [0.1, 0.15) is 0 Å². The average molecular weight is 232 g/mol. The molecule has 1 fully saturated rings. The van der Waals surface area contributed by atoms with Crippen LogP contribution >= 0.6 is 11.6 Å². The van der Waals surface area contributed by atoms with Gasteiger partial charge in [-0.25, -0.2) is 0 Å². The molecular formula is C13H26ClN. The van der Waals surface area contributed by atoms with Gasteiger partial charge < -0.3 is 0 Å². The van der Waals surface area contributed by atoms with E-state index in [4.69, 9.17) is 11.6 Å². The largest absolute Gasteiger partial charge is 0.299 e. The normalized spacial score (nSPS) is 25.2. The van der Waals surface area contributed by atoms with E-state index in [1.165, 1.54) is 45.2 Å². The van der Waals surface area contributed by atoms with Gasteiger partial charge >= 0.3 is 0 Å². The van der Waals surface area contributed by atoms with Gasteiger partial charge in [-0.3, -0.25) is 4.90 Å². The van der Waals surface area contributed by atoms with E-state index in [2.05, 4.69) is 25.7 Å². The first-order chi connectivity index (χ1) is 7.03. The minimum atomic E-state index is 0.448. The molecule has 0 aromatic heterocycles. The van der Waals surface area contributed by atoms with E-state index in [-0.39, 0.29) is 0 Å². The second kappa shape index (κ2) is 6.10. The van der Waals surface area contributed by atoms with Crippen molar-refractivity contribution in [3.05, 3.63) is 0 Å². The van der Waals surface area contributed by atoms with Gasteiger partial charge in [-0.1, -0.05) is 33.6 Å². The summed E-state index contributed by atoms with van der Waals surface area (Å²) in [6.45, 7) is 9.44. The molecule has 90 valence electrons. The van der Waals surface area contributed by atoms with Crippen molar-refractivity contribution >= 4 is 11.6 Å². The molecule has 0 aromatic carbocycles. The third-order valence-electron chi connectivity index (χ3n) is 3.33. The molecule has 0 aromatic rings. The lowest BCUT2D eigenvalue weighted by Crippen LogP contribution is -2.38. The lowest BCUT2D eigenvalue weighted by Gasteiger charge is -2.31. The number of hydrogen-bond donors (Lipinski definition) is 0. The highest BCUT2D eigenvalue weighted by Crippen LogP contribution is 2.23. The number of halogens is 1. The van der Waals surface area contributed by atoms with Crippen molar-refractivity contribution in [3.63, 3.8) is 0 Å². The van der Waals surface area contributed by atoms with E-state index < -0.39 is 0 Å². The zero-order valence-electron chi connectivity index (χ0n) is 10.6. The van der Waals surface area contributed by atoms with Crippen LogP contribution in [0.3, 0.4) is 0 Å². The van der Waals surface area contributed by atoms with Gasteiger partial charge in [0.2, 0.25) is 0 Å². The number of alkyl halides is 1. The summed E-state index contributed by atoms with van der Waals surface area (Å²) in [6, 6.07) is 0.636. The first-order valence-electron chi connectivity index (χ1n) is 6.33. The van der Waals surface area contributed by atoms with Crippen molar-refractivity contribution in [3.8, 4) is 0 Å². The summed E-state index contributed by atoms with van der Waals surface area (Å²) in [7, 11) is 0. The van der Waals surface area contributed by atoms with Crippen molar-refractivity contribution in [1.82, 2.24) is 4.90 Å². The molecule has 1 aliphatic rings. The highest BCUT2D eigenvalue weighted by molar-refractivity contribution is 6.18. The maximum atomic E-state index is 6.06. The van der Waals surface area contributed by atoms with Crippen LogP contribution in [0.25, 0.3) is 0 Å². The fraction of sp³-hybridized carbons (Fsp3) is 1.00. The second-order valence-electron chi connectivity index (χ2n) is 6.00. The van der Waals surface area contributed by atoms with E-state index in [0.29, 0.717) is 11.5 Å². The maximum Gasteiger partial charge on any atom is 0.0379 e. The summed E-state index contributed by atoms with van der Waals surface area (Å²) in [4.78, 5) is 2.62. The SMILES string of the molecule is CC(C)(C)CCN1CCCCCC1CCl. The minimum Gasteiger partial charge on any atom is -0.299 e. The van der Waals surface area contributed by atoms with Crippen LogP contribution in [0.4, 0.5) is 0 Å². The zero-order valence-corrected chi connectivity index (χ0v) is 11.3. The average Bonchev–Trinajstić information content (AvgIpc) is 2.37. The fourth-order valence-electron chi connectivity index (χ4n) is 2.18. The van der Waals surface area contributed by atoms with Gasteiger partial charge in [-0.2, -0.15) is 0 Å². The molecule has 0 bridgehead atoms. The predicted molar refractivity (Wildman–Crippen MR) is 68.6 cm³/mol. The number of nitrogens with zero attached hydrogens (tertiary/aromatic N) is 1. The summed E-state index contributed by atoms with van der Waals surface area (Å²) < 4.78 is 0. The molecule has 0 aliphatic carbocycles. The van der Waals surface area contributed by atoms with Gasteiger partial charge in [0.25, 0.3) is 0 Å². The van der Waals surface area contributed by atoms with Crippen LogP contribution in [0.5, 0.6) is 0 Å². The van der Waals surface area contributed by atoms with E-state index in [1.807, 2.05) is 0 Å². The first kappa shape index (κ1) is 13.3. The molecule has 0 N–H and O–H groups in total. The Hall–Kier alpha value is 0.250. The molecular weight excluding hydrogens is 206 g/mol. The molecule has 0 radical (unpaired) electrons. The Balaban J connectivity index is 2.41. The molecule has 15 heavy (non-hydrogen) atoms. The van der Waals surface area contributed by atoms with Gasteiger partial charge in [0.05, 0.1) is 0 Å². The number of rotatable bonds is 3. The maximum absolute atomic E-state index is 6.06. The quantitative estimate of drug-likeness (QED) is 0.666. The fourth-order valence-corrected chi connectivity index (χ4v) is 2.53. The third kappa shape index (κ3) is 5.21. The third-order valence-corrected chi connectivity index (χ3v) is 3.68. The van der Waals surface area contributed by atoms with Crippen molar-refractivity contribution < 1.29 is 0 Å². The van der Waals surface area contributed by atoms with Gasteiger partial charge in [0.15, 0.2) is 0 Å². The van der Waals surface area contributed by atoms with Gasteiger partial charge in [-0.15, -0.1) is 11.6 Å². The molecule has 2 heteroatoms. The first-order valence-corrected chi connectivity index (χ1v) is 6.86. The lowest BCUT2D eigenvalue weighted by atomic mass is 9.92. The Labute approximate surface area is 100 Å². The Morgan fingerprint density at radius 3 is 2.53 bits per heavy atom. The summed E-state index contributed by atoms with van der Waals surface area (Å²) in [5.74, 6) is 0.810. The molecule has 1 aliphatic heterocycles. The number of likely N-dealkylation sites (tertiary alicyclic amines) is 1. The lowest BCUT2D eigenvalue weighted by molar-refractivity contribution is 0.185. The highest BCUT2D eigenvalue weighted by Gasteiger charge is 2.21. The molecule has 1 unspecified atom stereocenters. The summed E-state index contributed by atoms with van der Waals surface area (Å²) in [5.41, 5.74) is 0.448. The van der Waals surface area contributed by atoms with Crippen LogP contribution in [0.15, 0.2) is 0 Å². The summed E-state index contributed by atoms with van der Waals surface area (Å²) in [6.07, 6.45) is 6.69. The van der Waals surface area contributed by atoms with E-state index >= 15 is 0 Å². The Morgan fingerprint density at radius 1 is 1.20 bits per heavy atom. The van der Waals surface area contributed by atoms with Crippen LogP contribution in [0.1, 0.15) is 52.9 Å². The van der Waals surface area contributed by atoms with Crippen molar-refractivity contribution in [2.24, 2.45) is 5.41 Å². The van der Waals surface area contributed by atoms with Crippen molar-refractivity contribution in [2.45, 2.75) is 58.9 Å². The summed E-state index contributed by atoms with van der Waals surface area (Å²) >= 11 is 6.06. The van der Waals surface area contributed by atoms with Gasteiger partial charge in [-0.05, 0) is 37.8 Å². The van der Waals surface area contributed by atoms with Crippen molar-refractivity contribution in [1.29, 1.82) is 0 Å². The van der Waals surface area contributed by atoms with Crippen LogP contribution in [-0.4, -0.2) is 29.9 Å². The smallest absolute Gasteiger partial charge is 0.0379 e. The van der Waals surface area contributed by atoms with Crippen molar-refractivity contribution in [2.75, 3.05) is 19.0 Å². The van der Waals surface area contributed by atoms with Crippen LogP contribution in [-0.2, 0) is 0 Å². The molecule has 1 rings (SSSR count). The second-order valence-corrected chi connectivity index (χ2v) is 6.31.